The van der Waals surface area contributed by atoms with Crippen molar-refractivity contribution in [3.8, 4) is 0 Å². The number of carbonyl (C=O) groups excluding carboxylic acids is 2. The molecule has 4 heteroatoms. The normalized spacial score (nSPS) is 27.3. The Kier molecular flexibility index (Phi) is 8.58. The predicted octanol–water partition coefficient (Wildman–Crippen LogP) is 6.97. The van der Waals surface area contributed by atoms with Crippen molar-refractivity contribution in [3.05, 3.63) is 0 Å². The number of nitrogens with zero attached hydrogens (tertiary/aromatic N) is 1. The van der Waals surface area contributed by atoms with E-state index in [9.17, 15) is 9.59 Å². The molecule has 2 amide bonds. The van der Waals surface area contributed by atoms with Gasteiger partial charge in [0, 0.05) is 17.1 Å². The molecule has 2 aliphatic heterocycles. The van der Waals surface area contributed by atoms with Gasteiger partial charge in [0.2, 0.25) is 11.8 Å². The number of imide groups is 1. The molecule has 0 radical (unpaired) electrons. The fraction of sp³-hybridized carbons (Fsp3) is 0.931. The van der Waals surface area contributed by atoms with Gasteiger partial charge in [-0.2, -0.15) is 0 Å². The molecule has 2 saturated heterocycles. The van der Waals surface area contributed by atoms with Crippen molar-refractivity contribution in [1.29, 1.82) is 0 Å². The molecule has 4 nitrogen and oxygen atoms in total. The third-order valence-corrected chi connectivity index (χ3v) is 9.99. The molecular weight excluding hydrogens is 408 g/mol. The first-order valence-electron chi connectivity index (χ1n) is 13.8. The zero-order chi connectivity index (χ0) is 25.4. The van der Waals surface area contributed by atoms with Gasteiger partial charge in [-0.3, -0.25) is 14.5 Å². The Balaban J connectivity index is 2.51. The molecule has 0 bridgehead atoms. The fourth-order valence-electron chi connectivity index (χ4n) is 7.35. The number of piperidine rings is 1. The second kappa shape index (κ2) is 9.99. The largest absolute Gasteiger partial charge is 0.307 e. The number of hydrogen-bond donors (Lipinski definition) is 1. The molecule has 192 valence electrons. The second-order valence-electron chi connectivity index (χ2n) is 13.1. The van der Waals surface area contributed by atoms with E-state index in [4.69, 9.17) is 0 Å². The summed E-state index contributed by atoms with van der Waals surface area (Å²) in [5.74, 6) is 0.290. The van der Waals surface area contributed by atoms with Crippen LogP contribution in [0.15, 0.2) is 0 Å². The number of amides is 2. The van der Waals surface area contributed by atoms with Gasteiger partial charge in [-0.05, 0) is 76.5 Å². The van der Waals surface area contributed by atoms with Gasteiger partial charge in [0.25, 0.3) is 0 Å². The highest BCUT2D eigenvalue weighted by Crippen LogP contribution is 2.51. The lowest BCUT2D eigenvalue weighted by molar-refractivity contribution is -0.145. The predicted molar refractivity (Wildman–Crippen MR) is 139 cm³/mol. The molecular formula is C29H54N2O2. The molecule has 33 heavy (non-hydrogen) atoms. The molecule has 2 fully saturated rings. The first-order chi connectivity index (χ1) is 15.1. The smallest absolute Gasteiger partial charge is 0.233 e. The van der Waals surface area contributed by atoms with E-state index < -0.39 is 0 Å². The topological polar surface area (TPSA) is 49.4 Å². The van der Waals surface area contributed by atoms with E-state index in [1.807, 2.05) is 0 Å². The van der Waals surface area contributed by atoms with Crippen LogP contribution in [0.3, 0.4) is 0 Å². The lowest BCUT2D eigenvalue weighted by atomic mass is 9.63. The lowest BCUT2D eigenvalue weighted by Gasteiger charge is -2.48. The van der Waals surface area contributed by atoms with Gasteiger partial charge in [0.15, 0.2) is 0 Å². The van der Waals surface area contributed by atoms with Crippen molar-refractivity contribution in [2.24, 2.45) is 28.6 Å². The zero-order valence-electron chi connectivity index (χ0n) is 23.7. The summed E-state index contributed by atoms with van der Waals surface area (Å²) in [6.45, 7) is 24.6. The Morgan fingerprint density at radius 2 is 1.36 bits per heavy atom. The highest BCUT2D eigenvalue weighted by Gasteiger charge is 2.58. The summed E-state index contributed by atoms with van der Waals surface area (Å²) in [5.41, 5.74) is -0.135. The van der Waals surface area contributed by atoms with Gasteiger partial charge in [-0.1, -0.05) is 67.7 Å². The molecule has 0 aromatic rings. The van der Waals surface area contributed by atoms with Crippen molar-refractivity contribution in [2.75, 3.05) is 0 Å². The number of rotatable bonds is 10. The standard InChI is InChI=1S/C29H54N2O2/c1-12-20(28(10,13-2)14-3)17-22-23(29(11,15-4)16-5)25(33)31(24(22)32)21-18-26(6,7)30-27(8,9)19-21/h20-23,30H,12-19H2,1-11H3. The summed E-state index contributed by atoms with van der Waals surface area (Å²) >= 11 is 0. The van der Waals surface area contributed by atoms with Crippen molar-refractivity contribution in [1.82, 2.24) is 10.2 Å². The Bertz CT molecular complexity index is 686. The minimum Gasteiger partial charge on any atom is -0.307 e. The van der Waals surface area contributed by atoms with Crippen molar-refractivity contribution in [3.63, 3.8) is 0 Å². The molecule has 2 heterocycles. The average Bonchev–Trinajstić information content (AvgIpc) is 2.98. The van der Waals surface area contributed by atoms with Crippen LogP contribution >= 0.6 is 0 Å². The van der Waals surface area contributed by atoms with Crippen LogP contribution in [0.5, 0.6) is 0 Å². The van der Waals surface area contributed by atoms with Crippen LogP contribution < -0.4 is 5.32 Å². The fourth-order valence-corrected chi connectivity index (χ4v) is 7.35. The van der Waals surface area contributed by atoms with E-state index in [1.54, 1.807) is 4.90 Å². The summed E-state index contributed by atoms with van der Waals surface area (Å²) in [4.78, 5) is 30.1. The Labute approximate surface area is 205 Å². The van der Waals surface area contributed by atoms with Gasteiger partial charge in [0.05, 0.1) is 11.8 Å². The first kappa shape index (κ1) is 28.3. The third-order valence-electron chi connectivity index (χ3n) is 9.99. The monoisotopic (exact) mass is 462 g/mol. The van der Waals surface area contributed by atoms with Gasteiger partial charge in [0.1, 0.15) is 0 Å². The van der Waals surface area contributed by atoms with E-state index in [0.717, 1.165) is 51.4 Å². The van der Waals surface area contributed by atoms with Crippen molar-refractivity contribution >= 4 is 11.8 Å². The van der Waals surface area contributed by atoms with Gasteiger partial charge in [-0.25, -0.2) is 0 Å². The van der Waals surface area contributed by atoms with E-state index in [0.29, 0.717) is 5.92 Å². The molecule has 0 saturated carbocycles. The van der Waals surface area contributed by atoms with Crippen LogP contribution in [0.25, 0.3) is 0 Å². The van der Waals surface area contributed by atoms with E-state index in [2.05, 4.69) is 81.5 Å². The van der Waals surface area contributed by atoms with Crippen molar-refractivity contribution in [2.45, 2.75) is 145 Å². The average molecular weight is 463 g/mol. The van der Waals surface area contributed by atoms with E-state index >= 15 is 0 Å². The molecule has 2 rings (SSSR count). The van der Waals surface area contributed by atoms with E-state index in [1.165, 1.54) is 0 Å². The zero-order valence-corrected chi connectivity index (χ0v) is 23.7. The number of carbonyl (C=O) groups is 2. The maximum absolute atomic E-state index is 14.2. The van der Waals surface area contributed by atoms with Gasteiger partial charge < -0.3 is 5.32 Å². The summed E-state index contributed by atoms with van der Waals surface area (Å²) in [6, 6.07) is -0.0227. The maximum atomic E-state index is 14.2. The lowest BCUT2D eigenvalue weighted by Crippen LogP contribution is -2.63. The number of hydrogen-bond acceptors (Lipinski definition) is 3. The minimum absolute atomic E-state index is 0.0227. The van der Waals surface area contributed by atoms with Crippen molar-refractivity contribution < 1.29 is 9.59 Å². The minimum atomic E-state index is -0.201. The first-order valence-corrected chi connectivity index (χ1v) is 13.8. The Morgan fingerprint density at radius 3 is 1.76 bits per heavy atom. The SMILES string of the molecule is CCC(CC1C(=O)N(C2CC(C)(C)NC(C)(C)C2)C(=O)C1C(C)(CC)CC)C(C)(CC)CC. The number of nitrogens with one attached hydrogen (secondary N) is 1. The molecule has 3 atom stereocenters. The van der Waals surface area contributed by atoms with Crippen LogP contribution in [0.1, 0.15) is 128 Å². The molecule has 0 aromatic carbocycles. The molecule has 1 N–H and O–H groups in total. The van der Waals surface area contributed by atoms with Crippen LogP contribution in [-0.4, -0.2) is 33.8 Å². The van der Waals surface area contributed by atoms with Crippen LogP contribution in [-0.2, 0) is 9.59 Å². The Hall–Kier alpha value is -0.900. The highest BCUT2D eigenvalue weighted by molar-refractivity contribution is 6.05. The Morgan fingerprint density at radius 1 is 0.879 bits per heavy atom. The summed E-state index contributed by atoms with van der Waals surface area (Å²) in [5, 5.41) is 3.72. The van der Waals surface area contributed by atoms with Crippen LogP contribution in [0, 0.1) is 28.6 Å². The molecule has 3 unspecified atom stereocenters. The quantitative estimate of drug-likeness (QED) is 0.357. The van der Waals surface area contributed by atoms with Gasteiger partial charge in [-0.15, -0.1) is 0 Å². The second-order valence-corrected chi connectivity index (χ2v) is 13.1. The van der Waals surface area contributed by atoms with Crippen LogP contribution in [0.4, 0.5) is 0 Å². The van der Waals surface area contributed by atoms with Gasteiger partial charge >= 0.3 is 0 Å². The van der Waals surface area contributed by atoms with Crippen LogP contribution in [0.2, 0.25) is 0 Å². The highest BCUT2D eigenvalue weighted by atomic mass is 16.2. The molecule has 0 spiro atoms. The summed E-state index contributed by atoms with van der Waals surface area (Å²) in [6.07, 6.45) is 7.62. The summed E-state index contributed by atoms with van der Waals surface area (Å²) < 4.78 is 0. The number of likely N-dealkylation sites (tertiary alicyclic amines) is 1. The molecule has 2 aliphatic rings. The molecule has 0 aliphatic carbocycles. The third kappa shape index (κ3) is 5.52. The molecule has 0 aromatic heterocycles. The summed E-state index contributed by atoms with van der Waals surface area (Å²) in [7, 11) is 0. The maximum Gasteiger partial charge on any atom is 0.233 e. The van der Waals surface area contributed by atoms with E-state index in [-0.39, 0.29) is 51.6 Å².